The summed E-state index contributed by atoms with van der Waals surface area (Å²) in [5.74, 6) is 0.510. The van der Waals surface area contributed by atoms with E-state index in [1.807, 2.05) is 0 Å². The van der Waals surface area contributed by atoms with Gasteiger partial charge in [0.15, 0.2) is 0 Å². The largest absolute Gasteiger partial charge is 0.492 e. The molecule has 1 aromatic carbocycles. The van der Waals surface area contributed by atoms with Crippen LogP contribution in [0, 0.1) is 5.92 Å². The predicted octanol–water partition coefficient (Wildman–Crippen LogP) is 1.76. The van der Waals surface area contributed by atoms with E-state index in [1.165, 1.54) is 0 Å². The van der Waals surface area contributed by atoms with Crippen LogP contribution in [0.15, 0.2) is 6.07 Å². The number of nitrogen functional groups attached to an aromatic ring is 1. The van der Waals surface area contributed by atoms with Crippen molar-refractivity contribution in [2.24, 2.45) is 5.92 Å². The molecule has 1 amide bonds. The molecular weight excluding hydrogens is 382 g/mol. The van der Waals surface area contributed by atoms with Crippen LogP contribution in [0.25, 0.3) is 0 Å². The number of fused-ring (bicyclic) bond motifs is 1. The van der Waals surface area contributed by atoms with Gasteiger partial charge in [0.05, 0.1) is 35.1 Å². The molecule has 0 saturated carbocycles. The summed E-state index contributed by atoms with van der Waals surface area (Å²) in [6.45, 7) is 2.91. The highest BCUT2D eigenvalue weighted by Gasteiger charge is 2.39. The van der Waals surface area contributed by atoms with Gasteiger partial charge in [-0.1, -0.05) is 11.6 Å². The number of piperidine rings is 1. The average molecular weight is 410 g/mol. The monoisotopic (exact) mass is 409 g/mol. The van der Waals surface area contributed by atoms with Crippen LogP contribution >= 0.6 is 11.6 Å². The molecule has 1 aromatic rings. The van der Waals surface area contributed by atoms with Crippen LogP contribution in [0.3, 0.4) is 0 Å². The summed E-state index contributed by atoms with van der Waals surface area (Å²) in [4.78, 5) is 13.1. The van der Waals surface area contributed by atoms with Crippen molar-refractivity contribution in [3.8, 4) is 5.75 Å². The summed E-state index contributed by atoms with van der Waals surface area (Å²) in [6.07, 6.45) is 3.56. The van der Waals surface area contributed by atoms with Crippen LogP contribution in [0.5, 0.6) is 5.75 Å². The summed E-state index contributed by atoms with van der Waals surface area (Å²) in [5, 5.41) is 7.02. The number of benzene rings is 1. The number of methoxy groups -OCH3 is 1. The molecule has 4 rings (SSSR count). The molecule has 2 saturated heterocycles. The van der Waals surface area contributed by atoms with Crippen LogP contribution in [-0.4, -0.2) is 57.6 Å². The molecule has 8 heteroatoms. The lowest BCUT2D eigenvalue weighted by atomic mass is 9.85. The topological polar surface area (TPSA) is 94.8 Å². The maximum Gasteiger partial charge on any atom is 0.255 e. The van der Waals surface area contributed by atoms with E-state index in [-0.39, 0.29) is 30.1 Å². The smallest absolute Gasteiger partial charge is 0.255 e. The first kappa shape index (κ1) is 19.8. The normalized spacial score (nSPS) is 27.9. The number of hydrogen-bond acceptors (Lipinski definition) is 6. The standard InChI is InChI=1S/C20H28ClN3O4/c1-26-19(16-3-2-7-27-16)13-10-23-6-4-15(13)24-20(25)12-9-14(21)17(22)11-5-8-28-18(11)12/h9,13,15-16,19,23H,2-8,10,22H2,1H3,(H,24,25). The molecule has 7 nitrogen and oxygen atoms in total. The van der Waals surface area contributed by atoms with Gasteiger partial charge in [-0.25, -0.2) is 0 Å². The second-order valence-corrected chi connectivity index (χ2v) is 8.12. The fraction of sp³-hybridized carbons (Fsp3) is 0.650. The minimum absolute atomic E-state index is 0.0173. The van der Waals surface area contributed by atoms with Crippen molar-refractivity contribution in [1.82, 2.24) is 10.6 Å². The van der Waals surface area contributed by atoms with Gasteiger partial charge in [0, 0.05) is 44.2 Å². The Morgan fingerprint density at radius 2 is 2.29 bits per heavy atom. The lowest BCUT2D eigenvalue weighted by Crippen LogP contribution is -2.56. The number of amides is 1. The molecule has 154 valence electrons. The molecule has 2 fully saturated rings. The SMILES string of the molecule is COC(C1CCCO1)C1CNCCC1NC(=O)c1cc(Cl)c(N)c2c1OCC2. The molecule has 0 aromatic heterocycles. The fourth-order valence-corrected chi connectivity index (χ4v) is 4.88. The maximum absolute atomic E-state index is 13.1. The van der Waals surface area contributed by atoms with Crippen LogP contribution in [0.1, 0.15) is 35.2 Å². The van der Waals surface area contributed by atoms with Crippen molar-refractivity contribution >= 4 is 23.2 Å². The van der Waals surface area contributed by atoms with E-state index in [4.69, 9.17) is 31.5 Å². The Hall–Kier alpha value is -1.54. The van der Waals surface area contributed by atoms with Gasteiger partial charge < -0.3 is 30.6 Å². The lowest BCUT2D eigenvalue weighted by molar-refractivity contribution is -0.0672. The molecule has 0 bridgehead atoms. The molecule has 3 heterocycles. The van der Waals surface area contributed by atoms with Crippen LogP contribution < -0.4 is 21.1 Å². The number of nitrogens with one attached hydrogen (secondary N) is 2. The third-order valence-electron chi connectivity index (χ3n) is 6.09. The van der Waals surface area contributed by atoms with E-state index in [9.17, 15) is 4.79 Å². The molecule has 0 radical (unpaired) electrons. The second kappa shape index (κ2) is 8.45. The van der Waals surface area contributed by atoms with Crippen molar-refractivity contribution in [2.45, 2.75) is 43.9 Å². The molecule has 4 N–H and O–H groups in total. The number of carbonyl (C=O) groups excluding carboxylic acids is 1. The Balaban J connectivity index is 1.54. The van der Waals surface area contributed by atoms with Crippen molar-refractivity contribution in [3.63, 3.8) is 0 Å². The number of rotatable bonds is 5. The van der Waals surface area contributed by atoms with Gasteiger partial charge in [-0.2, -0.15) is 0 Å². The van der Waals surface area contributed by atoms with E-state index in [0.717, 1.165) is 44.5 Å². The molecule has 3 aliphatic rings. The van der Waals surface area contributed by atoms with E-state index in [2.05, 4.69) is 10.6 Å². The van der Waals surface area contributed by atoms with Gasteiger partial charge >= 0.3 is 0 Å². The average Bonchev–Trinajstić information content (AvgIpc) is 3.39. The summed E-state index contributed by atoms with van der Waals surface area (Å²) < 4.78 is 17.4. The Kier molecular flexibility index (Phi) is 5.96. The number of nitrogens with two attached hydrogens (primary N) is 1. The minimum atomic E-state index is -0.181. The van der Waals surface area contributed by atoms with Crippen molar-refractivity contribution < 1.29 is 19.0 Å². The molecule has 4 unspecified atom stereocenters. The first-order chi connectivity index (χ1) is 13.6. The predicted molar refractivity (Wildman–Crippen MR) is 107 cm³/mol. The minimum Gasteiger partial charge on any atom is -0.492 e. The highest BCUT2D eigenvalue weighted by Crippen LogP contribution is 2.39. The highest BCUT2D eigenvalue weighted by molar-refractivity contribution is 6.33. The Labute approximate surface area is 170 Å². The summed E-state index contributed by atoms with van der Waals surface area (Å²) >= 11 is 6.26. The lowest BCUT2D eigenvalue weighted by Gasteiger charge is -2.39. The number of carbonyl (C=O) groups is 1. The zero-order chi connectivity index (χ0) is 19.7. The summed E-state index contributed by atoms with van der Waals surface area (Å²) in [5.41, 5.74) is 7.84. The third kappa shape index (κ3) is 3.68. The van der Waals surface area contributed by atoms with E-state index in [1.54, 1.807) is 13.2 Å². The number of anilines is 1. The van der Waals surface area contributed by atoms with E-state index >= 15 is 0 Å². The van der Waals surface area contributed by atoms with Gasteiger partial charge in [-0.3, -0.25) is 4.79 Å². The maximum atomic E-state index is 13.1. The Morgan fingerprint density at radius 1 is 1.43 bits per heavy atom. The van der Waals surface area contributed by atoms with Crippen molar-refractivity contribution in [1.29, 1.82) is 0 Å². The molecule has 0 aliphatic carbocycles. The van der Waals surface area contributed by atoms with Crippen LogP contribution in [0.4, 0.5) is 5.69 Å². The molecule has 4 atom stereocenters. The fourth-order valence-electron chi connectivity index (χ4n) is 4.65. The second-order valence-electron chi connectivity index (χ2n) is 7.71. The quantitative estimate of drug-likeness (QED) is 0.641. The molecular formula is C20H28ClN3O4. The van der Waals surface area contributed by atoms with E-state index in [0.29, 0.717) is 35.1 Å². The number of ether oxygens (including phenoxy) is 3. The van der Waals surface area contributed by atoms with Gasteiger partial charge in [0.25, 0.3) is 5.91 Å². The number of hydrogen-bond donors (Lipinski definition) is 3. The van der Waals surface area contributed by atoms with Crippen molar-refractivity contribution in [3.05, 3.63) is 22.2 Å². The zero-order valence-electron chi connectivity index (χ0n) is 16.1. The summed E-state index contributed by atoms with van der Waals surface area (Å²) in [7, 11) is 1.72. The highest BCUT2D eigenvalue weighted by atomic mass is 35.5. The molecule has 3 aliphatic heterocycles. The van der Waals surface area contributed by atoms with Gasteiger partial charge in [0.2, 0.25) is 0 Å². The van der Waals surface area contributed by atoms with Gasteiger partial charge in [-0.05, 0) is 31.9 Å². The van der Waals surface area contributed by atoms with E-state index < -0.39 is 0 Å². The Morgan fingerprint density at radius 3 is 3.04 bits per heavy atom. The van der Waals surface area contributed by atoms with Crippen LogP contribution in [0.2, 0.25) is 5.02 Å². The van der Waals surface area contributed by atoms with Crippen molar-refractivity contribution in [2.75, 3.05) is 39.1 Å². The Bertz CT molecular complexity index is 739. The third-order valence-corrected chi connectivity index (χ3v) is 6.40. The molecule has 28 heavy (non-hydrogen) atoms. The van der Waals surface area contributed by atoms with Gasteiger partial charge in [0.1, 0.15) is 5.75 Å². The first-order valence-corrected chi connectivity index (χ1v) is 10.4. The van der Waals surface area contributed by atoms with Crippen LogP contribution in [-0.2, 0) is 15.9 Å². The first-order valence-electron chi connectivity index (χ1n) is 9.99. The van der Waals surface area contributed by atoms with Gasteiger partial charge in [-0.15, -0.1) is 0 Å². The molecule has 0 spiro atoms. The summed E-state index contributed by atoms with van der Waals surface area (Å²) in [6, 6.07) is 1.59. The zero-order valence-corrected chi connectivity index (χ0v) is 16.9. The number of halogens is 1.